The molecule has 1 fully saturated rings. The van der Waals surface area contributed by atoms with Crippen molar-refractivity contribution in [1.82, 2.24) is 19.8 Å². The van der Waals surface area contributed by atoms with Crippen molar-refractivity contribution in [2.75, 3.05) is 24.6 Å². The number of rotatable bonds is 6. The van der Waals surface area contributed by atoms with Crippen molar-refractivity contribution in [3.8, 4) is 0 Å². The molecule has 2 heterocycles. The Hall–Kier alpha value is -3.10. The van der Waals surface area contributed by atoms with E-state index < -0.39 is 17.3 Å². The van der Waals surface area contributed by atoms with Crippen LogP contribution in [0.25, 0.3) is 0 Å². The summed E-state index contributed by atoms with van der Waals surface area (Å²) in [6.07, 6.45) is 3.20. The van der Waals surface area contributed by atoms with Crippen LogP contribution in [0.3, 0.4) is 0 Å². The lowest BCUT2D eigenvalue weighted by Crippen LogP contribution is -2.46. The van der Waals surface area contributed by atoms with E-state index in [9.17, 15) is 9.59 Å². The number of nitrogens with one attached hydrogen (secondary N) is 1. The molecule has 1 N–H and O–H groups in total. The second kappa shape index (κ2) is 8.28. The van der Waals surface area contributed by atoms with Crippen molar-refractivity contribution in [2.45, 2.75) is 39.2 Å². The normalized spacial score (nSPS) is 14.6. The number of hydrogen-bond donors (Lipinski definition) is 1. The number of nitrogens with zero attached hydrogens (tertiary/aromatic N) is 5. The zero-order valence-corrected chi connectivity index (χ0v) is 16.5. The summed E-state index contributed by atoms with van der Waals surface area (Å²) in [7, 11) is 0. The Kier molecular flexibility index (Phi) is 5.81. The van der Waals surface area contributed by atoms with Crippen LogP contribution in [-0.2, 0) is 10.3 Å². The van der Waals surface area contributed by atoms with E-state index in [1.165, 1.54) is 6.40 Å². The van der Waals surface area contributed by atoms with Gasteiger partial charge in [-0.05, 0) is 39.2 Å². The Morgan fingerprint density at radius 1 is 1.29 bits per heavy atom. The van der Waals surface area contributed by atoms with Crippen molar-refractivity contribution in [1.29, 1.82) is 0 Å². The summed E-state index contributed by atoms with van der Waals surface area (Å²) in [5.41, 5.74) is -0.395. The van der Waals surface area contributed by atoms with Crippen LogP contribution in [0.2, 0.25) is 0 Å². The molecule has 3 rings (SSSR count). The summed E-state index contributed by atoms with van der Waals surface area (Å²) in [6, 6.07) is 8.94. The number of hydrogen-bond acceptors (Lipinski definition) is 6. The van der Waals surface area contributed by atoms with Gasteiger partial charge in [0.15, 0.2) is 6.40 Å². The molecule has 0 atom stereocenters. The van der Waals surface area contributed by atoms with E-state index in [2.05, 4.69) is 15.5 Å². The summed E-state index contributed by atoms with van der Waals surface area (Å²) in [5.74, 6) is 0.339. The maximum absolute atomic E-state index is 12.8. The van der Waals surface area contributed by atoms with Gasteiger partial charge in [-0.3, -0.25) is 0 Å². The van der Waals surface area contributed by atoms with E-state index in [1.54, 1.807) is 0 Å². The predicted molar refractivity (Wildman–Crippen MR) is 107 cm³/mol. The minimum Gasteiger partial charge on any atom is -0.482 e. The van der Waals surface area contributed by atoms with Crippen molar-refractivity contribution < 1.29 is 9.53 Å². The molecule has 0 aliphatic carbocycles. The highest BCUT2D eigenvalue weighted by Gasteiger charge is 2.28. The highest BCUT2D eigenvalue weighted by atomic mass is 16.5. The van der Waals surface area contributed by atoms with Gasteiger partial charge in [-0.25, -0.2) is 9.59 Å². The summed E-state index contributed by atoms with van der Waals surface area (Å²) < 4.78 is 7.04. The molecule has 1 aromatic carbocycles. The van der Waals surface area contributed by atoms with E-state index in [1.807, 2.05) is 56.0 Å². The van der Waals surface area contributed by atoms with Gasteiger partial charge in [-0.1, -0.05) is 30.3 Å². The van der Waals surface area contributed by atoms with Crippen LogP contribution in [0.1, 0.15) is 39.2 Å². The van der Waals surface area contributed by atoms with Gasteiger partial charge < -0.3 is 15.0 Å². The largest absolute Gasteiger partial charge is 0.482 e. The minimum atomic E-state index is -0.677. The number of aromatic nitrogens is 3. The van der Waals surface area contributed by atoms with Gasteiger partial charge in [0, 0.05) is 13.1 Å². The molecule has 1 amide bonds. The van der Waals surface area contributed by atoms with Crippen LogP contribution in [0.15, 0.2) is 40.2 Å². The molecule has 1 saturated heterocycles. The Morgan fingerprint density at radius 2 is 1.96 bits per heavy atom. The van der Waals surface area contributed by atoms with Gasteiger partial charge in [0.1, 0.15) is 0 Å². The number of ether oxygens (including phenoxy) is 1. The first-order valence-corrected chi connectivity index (χ1v) is 9.43. The van der Waals surface area contributed by atoms with Crippen LogP contribution in [0.4, 0.5) is 10.7 Å². The summed E-state index contributed by atoms with van der Waals surface area (Å²) in [6.45, 7) is 7.51. The molecular weight excluding hydrogens is 360 g/mol. The van der Waals surface area contributed by atoms with Crippen LogP contribution in [0, 0.1) is 0 Å². The number of anilines is 1. The second-order valence-corrected chi connectivity index (χ2v) is 7.10. The summed E-state index contributed by atoms with van der Waals surface area (Å²) in [4.78, 5) is 27.6. The Balaban J connectivity index is 1.91. The van der Waals surface area contributed by atoms with Crippen LogP contribution in [0.5, 0.6) is 0 Å². The van der Waals surface area contributed by atoms with Crippen LogP contribution < -0.4 is 15.9 Å². The Morgan fingerprint density at radius 3 is 2.61 bits per heavy atom. The number of carbonyl (C=O) groups is 1. The fraction of sp³-hybridized carbons (Fsp3) is 0.474. The van der Waals surface area contributed by atoms with E-state index in [0.29, 0.717) is 12.6 Å². The molecule has 9 nitrogen and oxygen atoms in total. The summed E-state index contributed by atoms with van der Waals surface area (Å²) >= 11 is 0. The molecule has 2 aromatic rings. The third kappa shape index (κ3) is 4.08. The van der Waals surface area contributed by atoms with Crippen LogP contribution >= 0.6 is 0 Å². The molecule has 0 spiro atoms. The standard InChI is InChI=1S/C19H26N6O3/c1-4-28-14-20-24-16(23-12-8-9-13-23)22-25(18(24)27)17(26)21-19(2,3)15-10-6-5-7-11-15/h5-7,10-11,14H,4,8-9,12-13H2,1-3H3,(H,21,26). The fourth-order valence-corrected chi connectivity index (χ4v) is 3.10. The summed E-state index contributed by atoms with van der Waals surface area (Å²) in [5, 5.41) is 11.2. The number of carbonyl (C=O) groups excluding carboxylic acids is 1. The Bertz CT molecular complexity index is 894. The smallest absolute Gasteiger partial charge is 0.377 e. The molecule has 0 saturated carbocycles. The zero-order chi connectivity index (χ0) is 20.1. The predicted octanol–water partition coefficient (Wildman–Crippen LogP) is 1.97. The lowest BCUT2D eigenvalue weighted by atomic mass is 9.95. The van der Waals surface area contributed by atoms with Gasteiger partial charge in [0.2, 0.25) is 5.95 Å². The monoisotopic (exact) mass is 386 g/mol. The van der Waals surface area contributed by atoms with Crippen LogP contribution in [-0.4, -0.2) is 46.6 Å². The molecule has 150 valence electrons. The fourth-order valence-electron chi connectivity index (χ4n) is 3.10. The SMILES string of the molecule is CCOC=Nn1c(N2CCCC2)nn(C(=O)NC(C)(C)c2ccccc2)c1=O. The van der Waals surface area contributed by atoms with Gasteiger partial charge in [0.05, 0.1) is 12.1 Å². The molecule has 0 unspecified atom stereocenters. The highest BCUT2D eigenvalue weighted by Crippen LogP contribution is 2.20. The molecular formula is C19H26N6O3. The van der Waals surface area contributed by atoms with E-state index in [4.69, 9.17) is 4.74 Å². The maximum atomic E-state index is 12.8. The first-order chi connectivity index (χ1) is 13.4. The van der Waals surface area contributed by atoms with Crippen molar-refractivity contribution >= 4 is 18.4 Å². The molecule has 1 aliphatic rings. The van der Waals surface area contributed by atoms with E-state index >= 15 is 0 Å². The molecule has 9 heteroatoms. The van der Waals surface area contributed by atoms with Crippen molar-refractivity contribution in [3.63, 3.8) is 0 Å². The zero-order valence-electron chi connectivity index (χ0n) is 16.5. The lowest BCUT2D eigenvalue weighted by molar-refractivity contribution is 0.227. The average Bonchev–Trinajstić information content (AvgIpc) is 3.31. The van der Waals surface area contributed by atoms with E-state index in [-0.39, 0.29) is 0 Å². The third-order valence-electron chi connectivity index (χ3n) is 4.64. The molecule has 1 aromatic heterocycles. The molecule has 0 bridgehead atoms. The van der Waals surface area contributed by atoms with Crippen molar-refractivity contribution in [2.24, 2.45) is 5.10 Å². The van der Waals surface area contributed by atoms with Gasteiger partial charge >= 0.3 is 11.7 Å². The van der Waals surface area contributed by atoms with Gasteiger partial charge in [-0.2, -0.15) is 0 Å². The van der Waals surface area contributed by atoms with E-state index in [0.717, 1.165) is 40.9 Å². The van der Waals surface area contributed by atoms with Gasteiger partial charge in [-0.15, -0.1) is 19.6 Å². The first kappa shape index (κ1) is 19.7. The average molecular weight is 386 g/mol. The minimum absolute atomic E-state index is 0.339. The first-order valence-electron chi connectivity index (χ1n) is 9.43. The number of amides is 1. The highest BCUT2D eigenvalue weighted by molar-refractivity contribution is 5.76. The molecule has 1 aliphatic heterocycles. The topological polar surface area (TPSA) is 93.8 Å². The molecule has 28 heavy (non-hydrogen) atoms. The maximum Gasteiger partial charge on any atom is 0.377 e. The lowest BCUT2D eigenvalue weighted by Gasteiger charge is -2.26. The Labute approximate surface area is 163 Å². The van der Waals surface area contributed by atoms with Crippen molar-refractivity contribution in [3.05, 3.63) is 46.4 Å². The number of benzene rings is 1. The third-order valence-corrected chi connectivity index (χ3v) is 4.64. The quantitative estimate of drug-likeness (QED) is 0.605. The second-order valence-electron chi connectivity index (χ2n) is 7.10. The van der Waals surface area contributed by atoms with Gasteiger partial charge in [0.25, 0.3) is 0 Å². The molecule has 0 radical (unpaired) electrons.